The molecule has 0 amide bonds. The molecule has 2 aromatic carbocycles. The third-order valence-corrected chi connectivity index (χ3v) is 5.34. The standard InChI is InChI=1S/C18H18N2O3S/c1-13-9-7-8-12-15(13)16-19-17(18(23-16)20(2)3)24(21,22)14-10-5-4-6-11-14/h4-12H,1-3H3. The number of aromatic nitrogens is 1. The summed E-state index contributed by atoms with van der Waals surface area (Å²) in [5, 5.41) is -0.0723. The van der Waals surface area contributed by atoms with Gasteiger partial charge in [-0.25, -0.2) is 8.42 Å². The Morgan fingerprint density at radius 3 is 2.21 bits per heavy atom. The number of rotatable bonds is 4. The second-order valence-corrected chi connectivity index (χ2v) is 7.52. The maximum atomic E-state index is 12.9. The first-order valence-electron chi connectivity index (χ1n) is 7.45. The molecule has 24 heavy (non-hydrogen) atoms. The van der Waals surface area contributed by atoms with E-state index in [9.17, 15) is 8.42 Å². The topological polar surface area (TPSA) is 63.4 Å². The third-order valence-electron chi connectivity index (χ3n) is 3.67. The van der Waals surface area contributed by atoms with E-state index in [1.54, 1.807) is 49.3 Å². The van der Waals surface area contributed by atoms with Gasteiger partial charge in [0.1, 0.15) is 0 Å². The lowest BCUT2D eigenvalue weighted by molar-refractivity contribution is 0.564. The van der Waals surface area contributed by atoms with Crippen molar-refractivity contribution in [1.82, 2.24) is 4.98 Å². The van der Waals surface area contributed by atoms with E-state index in [1.807, 2.05) is 31.2 Å². The van der Waals surface area contributed by atoms with Crippen LogP contribution in [-0.4, -0.2) is 27.5 Å². The molecule has 0 aliphatic carbocycles. The smallest absolute Gasteiger partial charge is 0.235 e. The largest absolute Gasteiger partial charge is 0.419 e. The summed E-state index contributed by atoms with van der Waals surface area (Å²) in [6.07, 6.45) is 0. The number of sulfone groups is 1. The Balaban J connectivity index is 2.20. The van der Waals surface area contributed by atoms with Crippen molar-refractivity contribution in [3.05, 3.63) is 60.2 Å². The number of hydrogen-bond acceptors (Lipinski definition) is 5. The van der Waals surface area contributed by atoms with Gasteiger partial charge in [0.2, 0.25) is 26.6 Å². The van der Waals surface area contributed by atoms with E-state index in [4.69, 9.17) is 4.42 Å². The quantitative estimate of drug-likeness (QED) is 0.725. The zero-order valence-corrected chi connectivity index (χ0v) is 14.5. The van der Waals surface area contributed by atoms with Gasteiger partial charge in [0.15, 0.2) is 0 Å². The van der Waals surface area contributed by atoms with Crippen LogP contribution in [-0.2, 0) is 9.84 Å². The van der Waals surface area contributed by atoms with Crippen LogP contribution in [0.25, 0.3) is 11.5 Å². The number of aryl methyl sites for hydroxylation is 1. The average molecular weight is 342 g/mol. The van der Waals surface area contributed by atoms with Crippen molar-refractivity contribution in [2.45, 2.75) is 16.8 Å². The highest BCUT2D eigenvalue weighted by molar-refractivity contribution is 7.91. The monoisotopic (exact) mass is 342 g/mol. The number of anilines is 1. The first kappa shape index (κ1) is 16.3. The molecule has 1 heterocycles. The van der Waals surface area contributed by atoms with Crippen LogP contribution in [0.15, 0.2) is 68.9 Å². The van der Waals surface area contributed by atoms with E-state index in [0.29, 0.717) is 5.89 Å². The molecule has 0 saturated heterocycles. The highest BCUT2D eigenvalue weighted by Gasteiger charge is 2.29. The van der Waals surface area contributed by atoms with E-state index >= 15 is 0 Å². The summed E-state index contributed by atoms with van der Waals surface area (Å²) in [7, 11) is -0.305. The zero-order valence-electron chi connectivity index (χ0n) is 13.7. The Hall–Kier alpha value is -2.60. The predicted molar refractivity (Wildman–Crippen MR) is 92.9 cm³/mol. The molecule has 6 heteroatoms. The van der Waals surface area contributed by atoms with Crippen LogP contribution < -0.4 is 4.90 Å². The van der Waals surface area contributed by atoms with E-state index in [2.05, 4.69) is 4.98 Å². The molecule has 0 aliphatic heterocycles. The van der Waals surface area contributed by atoms with Crippen LogP contribution in [0.1, 0.15) is 5.56 Å². The fourth-order valence-electron chi connectivity index (χ4n) is 2.40. The maximum absolute atomic E-state index is 12.9. The second-order valence-electron chi connectivity index (χ2n) is 5.66. The fraction of sp³-hybridized carbons (Fsp3) is 0.167. The van der Waals surface area contributed by atoms with Crippen LogP contribution in [0.5, 0.6) is 0 Å². The van der Waals surface area contributed by atoms with Gasteiger partial charge in [0.05, 0.1) is 4.90 Å². The normalized spacial score (nSPS) is 11.5. The molecule has 3 rings (SSSR count). The highest BCUT2D eigenvalue weighted by atomic mass is 32.2. The van der Waals surface area contributed by atoms with Crippen molar-refractivity contribution in [2.75, 3.05) is 19.0 Å². The average Bonchev–Trinajstić information content (AvgIpc) is 3.02. The van der Waals surface area contributed by atoms with Crippen LogP contribution in [0.3, 0.4) is 0 Å². The Kier molecular flexibility index (Phi) is 4.15. The van der Waals surface area contributed by atoms with E-state index in [1.165, 1.54) is 0 Å². The van der Waals surface area contributed by atoms with Crippen molar-refractivity contribution in [3.63, 3.8) is 0 Å². The SMILES string of the molecule is Cc1ccccc1-c1nc(S(=O)(=O)c2ccccc2)c(N(C)C)o1. The summed E-state index contributed by atoms with van der Waals surface area (Å²) in [5.41, 5.74) is 1.74. The summed E-state index contributed by atoms with van der Waals surface area (Å²) >= 11 is 0. The van der Waals surface area contributed by atoms with Gasteiger partial charge in [-0.2, -0.15) is 4.98 Å². The molecule has 0 N–H and O–H groups in total. The molecule has 0 spiro atoms. The molecule has 0 fully saturated rings. The third kappa shape index (κ3) is 2.80. The first-order chi connectivity index (χ1) is 11.4. The Morgan fingerprint density at radius 2 is 1.58 bits per heavy atom. The van der Waals surface area contributed by atoms with Crippen molar-refractivity contribution in [2.24, 2.45) is 0 Å². The lowest BCUT2D eigenvalue weighted by atomic mass is 10.1. The Labute approximate surface area is 141 Å². The fourth-order valence-corrected chi connectivity index (χ4v) is 3.79. The van der Waals surface area contributed by atoms with E-state index < -0.39 is 9.84 Å². The minimum absolute atomic E-state index is 0.0723. The van der Waals surface area contributed by atoms with Gasteiger partial charge in [-0.3, -0.25) is 0 Å². The second kappa shape index (κ2) is 6.13. The van der Waals surface area contributed by atoms with Crippen LogP contribution in [0.2, 0.25) is 0 Å². The molecule has 1 aromatic heterocycles. The summed E-state index contributed by atoms with van der Waals surface area (Å²) < 4.78 is 31.7. The number of nitrogens with zero attached hydrogens (tertiary/aromatic N) is 2. The van der Waals surface area contributed by atoms with Gasteiger partial charge in [0.25, 0.3) is 0 Å². The van der Waals surface area contributed by atoms with Crippen molar-refractivity contribution >= 4 is 15.7 Å². The summed E-state index contributed by atoms with van der Waals surface area (Å²) in [6.45, 7) is 1.93. The minimum Gasteiger partial charge on any atom is -0.419 e. The van der Waals surface area contributed by atoms with Crippen LogP contribution >= 0.6 is 0 Å². The van der Waals surface area contributed by atoms with Crippen molar-refractivity contribution < 1.29 is 12.8 Å². The molecule has 5 nitrogen and oxygen atoms in total. The Bertz CT molecular complexity index is 961. The van der Waals surface area contributed by atoms with E-state index in [-0.39, 0.29) is 15.8 Å². The van der Waals surface area contributed by atoms with Gasteiger partial charge in [-0.15, -0.1) is 0 Å². The number of benzene rings is 2. The first-order valence-corrected chi connectivity index (χ1v) is 8.94. The Morgan fingerprint density at radius 1 is 0.958 bits per heavy atom. The van der Waals surface area contributed by atoms with Gasteiger partial charge in [-0.05, 0) is 30.7 Å². The van der Waals surface area contributed by atoms with Crippen molar-refractivity contribution in [3.8, 4) is 11.5 Å². The lowest BCUT2D eigenvalue weighted by Crippen LogP contribution is -2.13. The zero-order chi connectivity index (χ0) is 17.3. The molecule has 0 radical (unpaired) electrons. The molecule has 0 atom stereocenters. The maximum Gasteiger partial charge on any atom is 0.235 e. The van der Waals surface area contributed by atoms with Crippen molar-refractivity contribution in [1.29, 1.82) is 0 Å². The van der Waals surface area contributed by atoms with Crippen LogP contribution in [0, 0.1) is 6.92 Å². The molecule has 0 unspecified atom stereocenters. The van der Waals surface area contributed by atoms with Gasteiger partial charge in [-0.1, -0.05) is 36.4 Å². The molecule has 0 bridgehead atoms. The molecular formula is C18H18N2O3S. The number of oxazole rings is 1. The molecule has 3 aromatic rings. The summed E-state index contributed by atoms with van der Waals surface area (Å²) in [6, 6.07) is 15.8. The molecular weight excluding hydrogens is 324 g/mol. The highest BCUT2D eigenvalue weighted by Crippen LogP contribution is 2.34. The van der Waals surface area contributed by atoms with Gasteiger partial charge < -0.3 is 9.32 Å². The summed E-state index contributed by atoms with van der Waals surface area (Å²) in [5.74, 6) is 0.517. The molecule has 124 valence electrons. The van der Waals surface area contributed by atoms with Crippen LogP contribution in [0.4, 0.5) is 5.88 Å². The minimum atomic E-state index is -3.76. The lowest BCUT2D eigenvalue weighted by Gasteiger charge is -2.10. The molecule has 0 aliphatic rings. The predicted octanol–water partition coefficient (Wildman–Crippen LogP) is 3.55. The van der Waals surface area contributed by atoms with Gasteiger partial charge >= 0.3 is 0 Å². The molecule has 0 saturated carbocycles. The summed E-state index contributed by atoms with van der Waals surface area (Å²) in [4.78, 5) is 6.12. The number of hydrogen-bond donors (Lipinski definition) is 0. The van der Waals surface area contributed by atoms with Gasteiger partial charge in [0, 0.05) is 19.7 Å². The van der Waals surface area contributed by atoms with E-state index in [0.717, 1.165) is 11.1 Å².